The molecule has 0 bridgehead atoms. The average Bonchev–Trinajstić information content (AvgIpc) is 2.57. The van der Waals surface area contributed by atoms with E-state index in [1.165, 1.54) is 0 Å². The van der Waals surface area contributed by atoms with Gasteiger partial charge in [-0.05, 0) is 40.5 Å². The van der Waals surface area contributed by atoms with Gasteiger partial charge in [0.25, 0.3) is 11.5 Å². The summed E-state index contributed by atoms with van der Waals surface area (Å²) in [5, 5.41) is 13.6. The molecule has 0 aliphatic heterocycles. The number of pyridine rings is 1. The quantitative estimate of drug-likeness (QED) is 0.540. The smallest absolute Gasteiger partial charge is 0.265 e. The van der Waals surface area contributed by atoms with E-state index in [0.717, 1.165) is 5.56 Å². The molecule has 1 atom stereocenters. The Morgan fingerprint density at radius 2 is 1.88 bits per heavy atom. The Balaban J connectivity index is 2.03. The molecule has 1 heterocycles. The number of aromatic amines is 1. The van der Waals surface area contributed by atoms with Gasteiger partial charge in [0.15, 0.2) is 0 Å². The Hall–Kier alpha value is -2.12. The second-order valence-electron chi connectivity index (χ2n) is 5.59. The highest BCUT2D eigenvalue weighted by molar-refractivity contribution is 9.11. The van der Waals surface area contributed by atoms with Crippen LogP contribution in [-0.2, 0) is 0 Å². The molecule has 3 aromatic rings. The summed E-state index contributed by atoms with van der Waals surface area (Å²) in [5.41, 5.74) is 0.377. The number of rotatable bonds is 3. The van der Waals surface area contributed by atoms with Crippen LogP contribution in [0.1, 0.15) is 28.9 Å². The molecule has 0 saturated heterocycles. The number of halogens is 2. The summed E-state index contributed by atoms with van der Waals surface area (Å²) in [6, 6.07) is 12.5. The number of nitrogens with one attached hydrogen (secondary N) is 2. The lowest BCUT2D eigenvalue weighted by atomic mass is 10.1. The first kappa shape index (κ1) is 17.7. The minimum Gasteiger partial charge on any atom is -0.506 e. The number of amides is 1. The summed E-state index contributed by atoms with van der Waals surface area (Å²) in [5.74, 6) is -0.980. The maximum absolute atomic E-state index is 12.6. The van der Waals surface area contributed by atoms with E-state index in [1.807, 2.05) is 37.3 Å². The fourth-order valence-electron chi connectivity index (χ4n) is 2.61. The van der Waals surface area contributed by atoms with Gasteiger partial charge in [-0.3, -0.25) is 9.59 Å². The van der Waals surface area contributed by atoms with Crippen LogP contribution < -0.4 is 10.9 Å². The molecule has 0 spiro atoms. The van der Waals surface area contributed by atoms with E-state index < -0.39 is 11.5 Å². The van der Waals surface area contributed by atoms with E-state index in [0.29, 0.717) is 19.8 Å². The molecule has 0 radical (unpaired) electrons. The molecule has 2 aromatic carbocycles. The van der Waals surface area contributed by atoms with Crippen LogP contribution in [0.4, 0.5) is 0 Å². The van der Waals surface area contributed by atoms with Gasteiger partial charge in [-0.15, -0.1) is 0 Å². The number of aromatic hydroxyl groups is 1. The Kier molecular flexibility index (Phi) is 4.96. The maximum Gasteiger partial charge on any atom is 0.265 e. The lowest BCUT2D eigenvalue weighted by molar-refractivity contribution is 0.0936. The number of carbonyl (C=O) groups excluding carboxylic acids is 1. The molecule has 1 unspecified atom stereocenters. The maximum atomic E-state index is 12.6. The van der Waals surface area contributed by atoms with Crippen LogP contribution >= 0.6 is 31.9 Å². The molecule has 1 aromatic heterocycles. The zero-order valence-electron chi connectivity index (χ0n) is 13.1. The van der Waals surface area contributed by atoms with Crippen molar-refractivity contribution >= 4 is 48.7 Å². The van der Waals surface area contributed by atoms with Crippen LogP contribution in [0.15, 0.2) is 56.2 Å². The van der Waals surface area contributed by atoms with Crippen LogP contribution in [0.5, 0.6) is 5.75 Å². The number of fused-ring (bicyclic) bond motifs is 1. The summed E-state index contributed by atoms with van der Waals surface area (Å²) in [4.78, 5) is 27.6. The second-order valence-corrected chi connectivity index (χ2v) is 7.36. The first-order chi connectivity index (χ1) is 11.9. The number of hydrogen-bond acceptors (Lipinski definition) is 3. The van der Waals surface area contributed by atoms with Crippen molar-refractivity contribution < 1.29 is 9.90 Å². The minimum absolute atomic E-state index is 0.305. The molecule has 3 N–H and O–H groups in total. The highest BCUT2D eigenvalue weighted by atomic mass is 79.9. The molecule has 0 fully saturated rings. The molecule has 7 heteroatoms. The number of carbonyl (C=O) groups is 1. The number of H-pyrrole nitrogens is 1. The minimum atomic E-state index is -0.647. The number of benzene rings is 2. The fourth-order valence-corrected chi connectivity index (χ4v) is 3.93. The topological polar surface area (TPSA) is 82.2 Å². The van der Waals surface area contributed by atoms with Crippen molar-refractivity contribution in [3.05, 3.63) is 72.9 Å². The lowest BCUT2D eigenvalue weighted by Crippen LogP contribution is -2.31. The first-order valence-corrected chi connectivity index (χ1v) is 9.07. The third-order valence-electron chi connectivity index (χ3n) is 3.89. The molecular formula is C18H14Br2N2O3. The predicted octanol–water partition coefficient (Wildman–Crippen LogP) is 4.25. The van der Waals surface area contributed by atoms with Crippen molar-refractivity contribution in [1.29, 1.82) is 0 Å². The highest BCUT2D eigenvalue weighted by Crippen LogP contribution is 2.33. The van der Waals surface area contributed by atoms with Gasteiger partial charge >= 0.3 is 0 Å². The lowest BCUT2D eigenvalue weighted by Gasteiger charge is -2.15. The molecule has 0 aliphatic rings. The van der Waals surface area contributed by atoms with Crippen LogP contribution in [0.3, 0.4) is 0 Å². The molecular weight excluding hydrogens is 452 g/mol. The summed E-state index contributed by atoms with van der Waals surface area (Å²) in [6.45, 7) is 1.81. The van der Waals surface area contributed by atoms with E-state index in [9.17, 15) is 14.7 Å². The fraction of sp³-hybridized carbons (Fsp3) is 0.111. The largest absolute Gasteiger partial charge is 0.506 e. The van der Waals surface area contributed by atoms with Crippen LogP contribution in [0.2, 0.25) is 0 Å². The Morgan fingerprint density at radius 1 is 1.20 bits per heavy atom. The van der Waals surface area contributed by atoms with E-state index in [-0.39, 0.29) is 17.4 Å². The van der Waals surface area contributed by atoms with Crippen molar-refractivity contribution in [2.75, 3.05) is 0 Å². The van der Waals surface area contributed by atoms with Crippen molar-refractivity contribution in [2.24, 2.45) is 0 Å². The van der Waals surface area contributed by atoms with Gasteiger partial charge in [-0.1, -0.05) is 46.3 Å². The van der Waals surface area contributed by atoms with Crippen LogP contribution in [-0.4, -0.2) is 16.0 Å². The van der Waals surface area contributed by atoms with Gasteiger partial charge in [0.1, 0.15) is 11.3 Å². The molecule has 0 aliphatic carbocycles. The van der Waals surface area contributed by atoms with E-state index in [1.54, 1.807) is 12.1 Å². The van der Waals surface area contributed by atoms with Crippen LogP contribution in [0.25, 0.3) is 10.9 Å². The molecule has 25 heavy (non-hydrogen) atoms. The van der Waals surface area contributed by atoms with Crippen molar-refractivity contribution in [3.8, 4) is 5.75 Å². The van der Waals surface area contributed by atoms with E-state index in [2.05, 4.69) is 42.2 Å². The number of hydrogen-bond donors (Lipinski definition) is 3. The van der Waals surface area contributed by atoms with Gasteiger partial charge in [0.05, 0.1) is 11.6 Å². The monoisotopic (exact) mass is 464 g/mol. The zero-order valence-corrected chi connectivity index (χ0v) is 16.3. The molecule has 128 valence electrons. The van der Waals surface area contributed by atoms with Gasteiger partial charge < -0.3 is 15.4 Å². The Morgan fingerprint density at radius 3 is 2.56 bits per heavy atom. The average molecular weight is 466 g/mol. The Labute approximate surface area is 160 Å². The third-order valence-corrected chi connectivity index (χ3v) is 4.97. The first-order valence-electron chi connectivity index (χ1n) is 7.48. The molecule has 1 amide bonds. The van der Waals surface area contributed by atoms with Gasteiger partial charge in [0, 0.05) is 14.3 Å². The summed E-state index contributed by atoms with van der Waals surface area (Å²) in [6.07, 6.45) is 0. The van der Waals surface area contributed by atoms with Crippen molar-refractivity contribution in [2.45, 2.75) is 13.0 Å². The van der Waals surface area contributed by atoms with E-state index >= 15 is 0 Å². The van der Waals surface area contributed by atoms with E-state index in [4.69, 9.17) is 0 Å². The SMILES string of the molecule is CC(NC(=O)c1c(O)c2cc(Br)cc(Br)c2[nH]c1=O)c1ccccc1. The van der Waals surface area contributed by atoms with Gasteiger partial charge in [-0.25, -0.2) is 0 Å². The van der Waals surface area contributed by atoms with Crippen molar-refractivity contribution in [1.82, 2.24) is 10.3 Å². The molecule has 3 rings (SSSR count). The van der Waals surface area contributed by atoms with Gasteiger partial charge in [0.2, 0.25) is 0 Å². The normalized spacial score (nSPS) is 12.1. The third kappa shape index (κ3) is 3.48. The molecule has 5 nitrogen and oxygen atoms in total. The second kappa shape index (κ2) is 7.01. The Bertz CT molecular complexity index is 1020. The predicted molar refractivity (Wildman–Crippen MR) is 104 cm³/mol. The summed E-state index contributed by atoms with van der Waals surface area (Å²) in [7, 11) is 0. The highest BCUT2D eigenvalue weighted by Gasteiger charge is 2.22. The zero-order chi connectivity index (χ0) is 18.1. The van der Waals surface area contributed by atoms with Crippen LogP contribution in [0, 0.1) is 0 Å². The van der Waals surface area contributed by atoms with Crippen molar-refractivity contribution in [3.63, 3.8) is 0 Å². The number of aromatic nitrogens is 1. The summed E-state index contributed by atoms with van der Waals surface area (Å²) >= 11 is 6.67. The molecule has 0 saturated carbocycles. The van der Waals surface area contributed by atoms with Gasteiger partial charge in [-0.2, -0.15) is 0 Å². The standard InChI is InChI=1S/C18H14Br2N2O3/c1-9(10-5-3-2-4-6-10)21-17(24)14-16(23)12-7-11(19)8-13(20)15(12)22-18(14)25/h2-9H,1H3,(H,21,24)(H2,22,23,25). The summed E-state index contributed by atoms with van der Waals surface area (Å²) < 4.78 is 1.31.